The molecule has 0 saturated heterocycles. The van der Waals surface area contributed by atoms with Gasteiger partial charge in [-0.25, -0.2) is 0 Å². The van der Waals surface area contributed by atoms with E-state index in [-0.39, 0.29) is 12.7 Å². The van der Waals surface area contributed by atoms with Crippen molar-refractivity contribution >= 4 is 5.91 Å². The molecule has 0 aliphatic carbocycles. The number of amides is 1. The molecule has 1 heterocycles. The Bertz CT molecular complexity index is 429. The maximum atomic E-state index is 11.4. The van der Waals surface area contributed by atoms with Crippen molar-refractivity contribution in [2.45, 2.75) is 12.8 Å². The second-order valence-corrected chi connectivity index (χ2v) is 3.78. The number of carbonyl (C=O) groups excluding carboxylic acids is 1. The van der Waals surface area contributed by atoms with Gasteiger partial charge in [-0.15, -0.1) is 6.58 Å². The van der Waals surface area contributed by atoms with Gasteiger partial charge in [-0.05, 0) is 24.1 Å². The largest absolute Gasteiger partial charge is 0.454 e. The quantitative estimate of drug-likeness (QED) is 0.787. The highest BCUT2D eigenvalue weighted by molar-refractivity contribution is 5.76. The van der Waals surface area contributed by atoms with Gasteiger partial charge in [0.1, 0.15) is 0 Å². The van der Waals surface area contributed by atoms with Crippen LogP contribution in [-0.4, -0.2) is 19.2 Å². The van der Waals surface area contributed by atoms with Gasteiger partial charge in [0.25, 0.3) is 0 Å². The van der Waals surface area contributed by atoms with E-state index in [1.807, 2.05) is 18.2 Å². The van der Waals surface area contributed by atoms with E-state index < -0.39 is 0 Å². The van der Waals surface area contributed by atoms with E-state index in [2.05, 4.69) is 11.9 Å². The van der Waals surface area contributed by atoms with Crippen molar-refractivity contribution in [1.82, 2.24) is 5.32 Å². The Balaban J connectivity index is 1.87. The highest BCUT2D eigenvalue weighted by Gasteiger charge is 2.13. The molecule has 0 bridgehead atoms. The lowest BCUT2D eigenvalue weighted by atomic mass is 10.1. The number of hydrogen-bond acceptors (Lipinski definition) is 3. The van der Waals surface area contributed by atoms with Crippen LogP contribution in [-0.2, 0) is 11.2 Å². The second kappa shape index (κ2) is 5.39. The van der Waals surface area contributed by atoms with Crippen LogP contribution in [0.2, 0.25) is 0 Å². The van der Waals surface area contributed by atoms with Crippen LogP contribution in [0.1, 0.15) is 12.0 Å². The summed E-state index contributed by atoms with van der Waals surface area (Å²) in [5.41, 5.74) is 1.07. The van der Waals surface area contributed by atoms with Crippen molar-refractivity contribution in [2.24, 2.45) is 0 Å². The summed E-state index contributed by atoms with van der Waals surface area (Å²) in [7, 11) is 0. The van der Waals surface area contributed by atoms with Gasteiger partial charge in [0, 0.05) is 13.0 Å². The number of nitrogens with one attached hydrogen (secondary N) is 1. The fourth-order valence-electron chi connectivity index (χ4n) is 1.63. The Morgan fingerprint density at radius 2 is 2.24 bits per heavy atom. The van der Waals surface area contributed by atoms with Gasteiger partial charge in [-0.1, -0.05) is 12.1 Å². The number of rotatable bonds is 5. The molecule has 1 N–H and O–H groups in total. The number of carbonyl (C=O) groups is 1. The molecule has 0 spiro atoms. The van der Waals surface area contributed by atoms with E-state index >= 15 is 0 Å². The molecule has 0 saturated carbocycles. The number of ether oxygens (including phenoxy) is 2. The summed E-state index contributed by atoms with van der Waals surface area (Å²) < 4.78 is 10.5. The van der Waals surface area contributed by atoms with E-state index in [4.69, 9.17) is 9.47 Å². The molecule has 0 radical (unpaired) electrons. The highest BCUT2D eigenvalue weighted by Crippen LogP contribution is 2.32. The van der Waals surface area contributed by atoms with Gasteiger partial charge < -0.3 is 14.8 Å². The molecule has 1 amide bonds. The van der Waals surface area contributed by atoms with Crippen LogP contribution in [0.5, 0.6) is 11.5 Å². The van der Waals surface area contributed by atoms with E-state index in [1.54, 1.807) is 6.08 Å². The Morgan fingerprint density at radius 3 is 3.06 bits per heavy atom. The van der Waals surface area contributed by atoms with E-state index in [0.29, 0.717) is 19.4 Å². The van der Waals surface area contributed by atoms with Crippen molar-refractivity contribution in [3.8, 4) is 11.5 Å². The minimum atomic E-state index is 0.0302. The first-order valence-corrected chi connectivity index (χ1v) is 5.55. The van der Waals surface area contributed by atoms with Crippen LogP contribution in [0, 0.1) is 0 Å². The van der Waals surface area contributed by atoms with E-state index in [1.165, 1.54) is 0 Å². The van der Waals surface area contributed by atoms with Crippen molar-refractivity contribution < 1.29 is 14.3 Å². The zero-order chi connectivity index (χ0) is 12.1. The molecule has 4 nitrogen and oxygen atoms in total. The SMILES string of the molecule is C=CCNC(=O)CCc1ccc2c(c1)OCO2. The molecular weight excluding hydrogens is 218 g/mol. The van der Waals surface area contributed by atoms with Crippen LogP contribution < -0.4 is 14.8 Å². The summed E-state index contributed by atoms with van der Waals surface area (Å²) in [6.07, 6.45) is 2.82. The third kappa shape index (κ3) is 3.00. The topological polar surface area (TPSA) is 47.6 Å². The molecule has 1 aliphatic rings. The Kier molecular flexibility index (Phi) is 3.65. The molecule has 17 heavy (non-hydrogen) atoms. The maximum Gasteiger partial charge on any atom is 0.231 e. The maximum absolute atomic E-state index is 11.4. The Labute approximate surface area is 100 Å². The summed E-state index contributed by atoms with van der Waals surface area (Å²) in [6, 6.07) is 5.75. The average molecular weight is 233 g/mol. The van der Waals surface area contributed by atoms with E-state index in [0.717, 1.165) is 17.1 Å². The van der Waals surface area contributed by atoms with Crippen molar-refractivity contribution in [2.75, 3.05) is 13.3 Å². The van der Waals surface area contributed by atoms with Gasteiger partial charge in [0.15, 0.2) is 11.5 Å². The minimum Gasteiger partial charge on any atom is -0.454 e. The molecule has 0 aromatic heterocycles. The molecule has 1 aliphatic heterocycles. The lowest BCUT2D eigenvalue weighted by molar-refractivity contribution is -0.120. The number of hydrogen-bond donors (Lipinski definition) is 1. The molecular formula is C13H15NO3. The van der Waals surface area contributed by atoms with E-state index in [9.17, 15) is 4.79 Å². The predicted octanol–water partition coefficient (Wildman–Crippen LogP) is 1.65. The lowest BCUT2D eigenvalue weighted by Crippen LogP contribution is -2.23. The first kappa shape index (κ1) is 11.5. The molecule has 0 unspecified atom stereocenters. The first-order chi connectivity index (χ1) is 8.29. The summed E-state index contributed by atoms with van der Waals surface area (Å²) in [6.45, 7) is 4.34. The molecule has 0 fully saturated rings. The third-order valence-corrected chi connectivity index (χ3v) is 2.52. The van der Waals surface area contributed by atoms with Gasteiger partial charge in [0.05, 0.1) is 0 Å². The molecule has 90 valence electrons. The van der Waals surface area contributed by atoms with Crippen molar-refractivity contribution in [3.63, 3.8) is 0 Å². The Hall–Kier alpha value is -1.97. The fourth-order valence-corrected chi connectivity index (χ4v) is 1.63. The molecule has 4 heteroatoms. The standard InChI is InChI=1S/C13H15NO3/c1-2-7-14-13(15)6-4-10-3-5-11-12(8-10)17-9-16-11/h2-3,5,8H,1,4,6-7,9H2,(H,14,15). The summed E-state index contributed by atoms with van der Waals surface area (Å²) in [5, 5.41) is 2.74. The summed E-state index contributed by atoms with van der Waals surface area (Å²) in [5.74, 6) is 1.56. The minimum absolute atomic E-state index is 0.0302. The lowest BCUT2D eigenvalue weighted by Gasteiger charge is -2.03. The first-order valence-electron chi connectivity index (χ1n) is 5.55. The van der Waals surface area contributed by atoms with Crippen molar-refractivity contribution in [3.05, 3.63) is 36.4 Å². The normalized spacial score (nSPS) is 12.2. The fraction of sp³-hybridized carbons (Fsp3) is 0.308. The molecule has 2 rings (SSSR count). The van der Waals surface area contributed by atoms with Crippen molar-refractivity contribution in [1.29, 1.82) is 0 Å². The summed E-state index contributed by atoms with van der Waals surface area (Å²) >= 11 is 0. The molecule has 1 aromatic rings. The third-order valence-electron chi connectivity index (χ3n) is 2.52. The highest BCUT2D eigenvalue weighted by atomic mass is 16.7. The number of benzene rings is 1. The smallest absolute Gasteiger partial charge is 0.231 e. The number of aryl methyl sites for hydroxylation is 1. The van der Waals surface area contributed by atoms with Gasteiger partial charge in [-0.3, -0.25) is 4.79 Å². The molecule has 0 atom stereocenters. The predicted molar refractivity (Wildman–Crippen MR) is 64.1 cm³/mol. The summed E-state index contributed by atoms with van der Waals surface area (Å²) in [4.78, 5) is 11.4. The zero-order valence-corrected chi connectivity index (χ0v) is 9.57. The zero-order valence-electron chi connectivity index (χ0n) is 9.57. The van der Waals surface area contributed by atoms with Crippen LogP contribution in [0.3, 0.4) is 0 Å². The van der Waals surface area contributed by atoms with Gasteiger partial charge in [0.2, 0.25) is 12.7 Å². The van der Waals surface area contributed by atoms with Crippen LogP contribution in [0.25, 0.3) is 0 Å². The monoisotopic (exact) mass is 233 g/mol. The second-order valence-electron chi connectivity index (χ2n) is 3.78. The number of fused-ring (bicyclic) bond motifs is 1. The van der Waals surface area contributed by atoms with Crippen LogP contribution >= 0.6 is 0 Å². The van der Waals surface area contributed by atoms with Crippen LogP contribution in [0.4, 0.5) is 0 Å². The Morgan fingerprint density at radius 1 is 1.41 bits per heavy atom. The van der Waals surface area contributed by atoms with Gasteiger partial charge in [-0.2, -0.15) is 0 Å². The molecule has 1 aromatic carbocycles. The average Bonchev–Trinajstić information content (AvgIpc) is 2.81. The van der Waals surface area contributed by atoms with Gasteiger partial charge >= 0.3 is 0 Å². The van der Waals surface area contributed by atoms with Crippen LogP contribution in [0.15, 0.2) is 30.9 Å².